The molecule has 0 bridgehead atoms. The van der Waals surface area contributed by atoms with Gasteiger partial charge in [-0.05, 0) is 25.6 Å². The Kier molecular flexibility index (Phi) is 5.48. The number of hydrogen-bond donors (Lipinski definition) is 1. The van der Waals surface area contributed by atoms with Crippen LogP contribution in [0.25, 0.3) is 0 Å². The zero-order chi connectivity index (χ0) is 17.0. The molecule has 1 aromatic carbocycles. The lowest BCUT2D eigenvalue weighted by molar-refractivity contribution is -0.117. The quantitative estimate of drug-likeness (QED) is 0.822. The van der Waals surface area contributed by atoms with Crippen molar-refractivity contribution in [3.05, 3.63) is 18.2 Å². The van der Waals surface area contributed by atoms with Crippen LogP contribution in [0.5, 0.6) is 11.5 Å². The highest BCUT2D eigenvalue weighted by Gasteiger charge is 2.31. The second-order valence-electron chi connectivity index (χ2n) is 5.59. The van der Waals surface area contributed by atoms with Gasteiger partial charge in [-0.3, -0.25) is 9.69 Å². The van der Waals surface area contributed by atoms with Gasteiger partial charge in [0.25, 0.3) is 0 Å². The van der Waals surface area contributed by atoms with Gasteiger partial charge in [-0.15, -0.1) is 0 Å². The summed E-state index contributed by atoms with van der Waals surface area (Å²) in [5.41, 5.74) is 0.518. The van der Waals surface area contributed by atoms with Gasteiger partial charge in [0, 0.05) is 12.1 Å². The van der Waals surface area contributed by atoms with Crippen LogP contribution in [0.1, 0.15) is 6.42 Å². The Hall–Kier alpha value is -1.80. The minimum atomic E-state index is -2.96. The van der Waals surface area contributed by atoms with Crippen LogP contribution in [0.4, 0.5) is 5.69 Å². The third-order valence-electron chi connectivity index (χ3n) is 3.91. The molecule has 8 heteroatoms. The minimum Gasteiger partial charge on any atom is -0.497 e. The molecule has 0 aromatic heterocycles. The summed E-state index contributed by atoms with van der Waals surface area (Å²) in [7, 11) is 1.86. The van der Waals surface area contributed by atoms with E-state index >= 15 is 0 Å². The number of hydrogen-bond acceptors (Lipinski definition) is 6. The number of amides is 1. The number of carbonyl (C=O) groups excluding carboxylic acids is 1. The molecule has 1 unspecified atom stereocenters. The number of rotatable bonds is 6. The number of nitrogens with one attached hydrogen (secondary N) is 1. The number of nitrogens with zero attached hydrogens (tertiary/aromatic N) is 1. The van der Waals surface area contributed by atoms with E-state index in [2.05, 4.69) is 5.32 Å². The molecule has 1 atom stereocenters. The van der Waals surface area contributed by atoms with Crippen molar-refractivity contribution in [3.63, 3.8) is 0 Å². The first-order chi connectivity index (χ1) is 10.8. The molecule has 1 amide bonds. The van der Waals surface area contributed by atoms with Gasteiger partial charge < -0.3 is 14.8 Å². The van der Waals surface area contributed by atoms with E-state index in [-0.39, 0.29) is 30.0 Å². The lowest BCUT2D eigenvalue weighted by atomic mass is 10.2. The zero-order valence-electron chi connectivity index (χ0n) is 13.5. The molecule has 1 saturated heterocycles. The fourth-order valence-electron chi connectivity index (χ4n) is 2.58. The maximum Gasteiger partial charge on any atom is 0.238 e. The van der Waals surface area contributed by atoms with Crippen LogP contribution in [-0.4, -0.2) is 64.6 Å². The standard InChI is InChI=1S/C15H22N2O5S/c1-17(11-6-7-23(19,20)10-11)9-15(18)16-13-8-12(21-2)4-5-14(13)22-3/h4-5,8,11H,6-7,9-10H2,1-3H3,(H,16,18). The topological polar surface area (TPSA) is 84.9 Å². The molecule has 128 valence electrons. The zero-order valence-corrected chi connectivity index (χ0v) is 14.4. The molecule has 2 rings (SSSR count). The SMILES string of the molecule is COc1ccc(OC)c(NC(=O)CN(C)C2CCS(=O)(=O)C2)c1. The largest absolute Gasteiger partial charge is 0.497 e. The average Bonchev–Trinajstić information content (AvgIpc) is 2.87. The second kappa shape index (κ2) is 7.18. The Bertz CT molecular complexity index is 674. The van der Waals surface area contributed by atoms with E-state index in [0.717, 1.165) is 0 Å². The summed E-state index contributed by atoms with van der Waals surface area (Å²) in [4.78, 5) is 14.0. The average molecular weight is 342 g/mol. The molecular formula is C15H22N2O5S. The Morgan fingerprint density at radius 2 is 2.09 bits per heavy atom. The number of carbonyl (C=O) groups is 1. The van der Waals surface area contributed by atoms with Crippen molar-refractivity contribution >= 4 is 21.4 Å². The highest BCUT2D eigenvalue weighted by atomic mass is 32.2. The number of likely N-dealkylation sites (N-methyl/N-ethyl adjacent to an activating group) is 1. The second-order valence-corrected chi connectivity index (χ2v) is 7.82. The molecule has 1 aliphatic heterocycles. The van der Waals surface area contributed by atoms with E-state index in [0.29, 0.717) is 23.6 Å². The van der Waals surface area contributed by atoms with Gasteiger partial charge in [0.1, 0.15) is 11.5 Å². The monoisotopic (exact) mass is 342 g/mol. The van der Waals surface area contributed by atoms with Crippen LogP contribution in [-0.2, 0) is 14.6 Å². The van der Waals surface area contributed by atoms with E-state index < -0.39 is 9.84 Å². The van der Waals surface area contributed by atoms with Crippen LogP contribution in [0, 0.1) is 0 Å². The van der Waals surface area contributed by atoms with Crippen LogP contribution < -0.4 is 14.8 Å². The van der Waals surface area contributed by atoms with Gasteiger partial charge in [0.15, 0.2) is 9.84 Å². The molecule has 1 aromatic rings. The first-order valence-electron chi connectivity index (χ1n) is 7.27. The molecule has 0 saturated carbocycles. The van der Waals surface area contributed by atoms with Crippen molar-refractivity contribution < 1.29 is 22.7 Å². The Morgan fingerprint density at radius 3 is 2.65 bits per heavy atom. The maximum atomic E-state index is 12.2. The Labute approximate surface area is 136 Å². The molecule has 0 aliphatic carbocycles. The number of methoxy groups -OCH3 is 2. The number of benzene rings is 1. The van der Waals surface area contributed by atoms with Crippen molar-refractivity contribution in [2.24, 2.45) is 0 Å². The number of sulfone groups is 1. The number of anilines is 1. The van der Waals surface area contributed by atoms with Gasteiger partial charge in [-0.25, -0.2) is 8.42 Å². The summed E-state index contributed by atoms with van der Waals surface area (Å²) >= 11 is 0. The summed E-state index contributed by atoms with van der Waals surface area (Å²) in [5, 5.41) is 2.78. The van der Waals surface area contributed by atoms with Gasteiger partial charge in [-0.2, -0.15) is 0 Å². The molecular weight excluding hydrogens is 320 g/mol. The minimum absolute atomic E-state index is 0.110. The summed E-state index contributed by atoms with van der Waals surface area (Å²) in [5.74, 6) is 1.21. The predicted octanol–water partition coefficient (Wildman–Crippen LogP) is 0.761. The summed E-state index contributed by atoms with van der Waals surface area (Å²) in [6.07, 6.45) is 0.564. The molecule has 1 N–H and O–H groups in total. The van der Waals surface area contributed by atoms with E-state index in [1.165, 1.54) is 7.11 Å². The lowest BCUT2D eigenvalue weighted by Crippen LogP contribution is -2.38. The van der Waals surface area contributed by atoms with Crippen molar-refractivity contribution in [2.45, 2.75) is 12.5 Å². The van der Waals surface area contributed by atoms with Gasteiger partial charge in [0.2, 0.25) is 5.91 Å². The summed E-state index contributed by atoms with van der Waals surface area (Å²) in [6.45, 7) is 0.112. The lowest BCUT2D eigenvalue weighted by Gasteiger charge is -2.22. The fraction of sp³-hybridized carbons (Fsp3) is 0.533. The van der Waals surface area contributed by atoms with Crippen molar-refractivity contribution in [2.75, 3.05) is 44.6 Å². The molecule has 1 aliphatic rings. The summed E-state index contributed by atoms with van der Waals surface area (Å²) in [6, 6.07) is 5.01. The van der Waals surface area contributed by atoms with Gasteiger partial charge in [0.05, 0.1) is 38.0 Å². The molecule has 0 radical (unpaired) electrons. The highest BCUT2D eigenvalue weighted by Crippen LogP contribution is 2.28. The van der Waals surface area contributed by atoms with Crippen molar-refractivity contribution in [1.29, 1.82) is 0 Å². The van der Waals surface area contributed by atoms with E-state index in [4.69, 9.17) is 9.47 Å². The third-order valence-corrected chi connectivity index (χ3v) is 5.66. The van der Waals surface area contributed by atoms with E-state index in [9.17, 15) is 13.2 Å². The molecule has 1 heterocycles. The van der Waals surface area contributed by atoms with Crippen LogP contribution in [0.3, 0.4) is 0 Å². The van der Waals surface area contributed by atoms with Gasteiger partial charge >= 0.3 is 0 Å². The van der Waals surface area contributed by atoms with Crippen LogP contribution in [0.2, 0.25) is 0 Å². The third kappa shape index (κ3) is 4.59. The molecule has 7 nitrogen and oxygen atoms in total. The number of ether oxygens (including phenoxy) is 2. The normalized spacial score (nSPS) is 19.6. The predicted molar refractivity (Wildman–Crippen MR) is 87.9 cm³/mol. The fourth-order valence-corrected chi connectivity index (χ4v) is 4.39. The first kappa shape index (κ1) is 17.6. The molecule has 1 fully saturated rings. The van der Waals surface area contributed by atoms with Gasteiger partial charge in [-0.1, -0.05) is 0 Å². The molecule has 0 spiro atoms. The smallest absolute Gasteiger partial charge is 0.238 e. The highest BCUT2D eigenvalue weighted by molar-refractivity contribution is 7.91. The van der Waals surface area contributed by atoms with Crippen LogP contribution >= 0.6 is 0 Å². The van der Waals surface area contributed by atoms with E-state index in [1.54, 1.807) is 37.3 Å². The van der Waals surface area contributed by atoms with Crippen molar-refractivity contribution in [3.8, 4) is 11.5 Å². The Morgan fingerprint density at radius 1 is 1.35 bits per heavy atom. The molecule has 23 heavy (non-hydrogen) atoms. The van der Waals surface area contributed by atoms with Crippen LogP contribution in [0.15, 0.2) is 18.2 Å². The van der Waals surface area contributed by atoms with E-state index in [1.807, 2.05) is 0 Å². The van der Waals surface area contributed by atoms with Crippen molar-refractivity contribution in [1.82, 2.24) is 4.90 Å². The first-order valence-corrected chi connectivity index (χ1v) is 9.09. The maximum absolute atomic E-state index is 12.2. The summed E-state index contributed by atoms with van der Waals surface area (Å²) < 4.78 is 33.4. The Balaban J connectivity index is 1.99.